The lowest BCUT2D eigenvalue weighted by molar-refractivity contribution is 0.0827. The highest BCUT2D eigenvalue weighted by atomic mass is 16.2. The molecule has 1 aromatic carbocycles. The first-order chi connectivity index (χ1) is 8.99. The van der Waals surface area contributed by atoms with Crippen molar-refractivity contribution in [3.63, 3.8) is 0 Å². The second kappa shape index (κ2) is 5.30. The molecule has 1 aromatic rings. The fraction of sp³-hybridized carbons (Fsp3) is 0.429. The zero-order valence-corrected chi connectivity index (χ0v) is 11.6. The summed E-state index contributed by atoms with van der Waals surface area (Å²) in [5, 5.41) is 0. The Morgan fingerprint density at radius 3 is 2.32 bits per heavy atom. The molecule has 0 N–H and O–H groups in total. The van der Waals surface area contributed by atoms with Gasteiger partial charge in [0.15, 0.2) is 0 Å². The maximum absolute atomic E-state index is 11.8. The molecule has 2 rings (SSSR count). The van der Waals surface area contributed by atoms with E-state index in [0.717, 1.165) is 18.7 Å². The molecule has 1 heterocycles. The number of hydrogen-bond donors (Lipinski definition) is 0. The van der Waals surface area contributed by atoms with Crippen molar-refractivity contribution in [2.75, 3.05) is 34.2 Å². The summed E-state index contributed by atoms with van der Waals surface area (Å²) < 4.78 is 0. The summed E-state index contributed by atoms with van der Waals surface area (Å²) in [6.07, 6.45) is 0. The predicted molar refractivity (Wildman–Crippen MR) is 72.9 cm³/mol. The van der Waals surface area contributed by atoms with Gasteiger partial charge in [0.05, 0.1) is 0 Å². The van der Waals surface area contributed by atoms with Crippen LogP contribution in [-0.4, -0.2) is 60.9 Å². The molecule has 5 heteroatoms. The van der Waals surface area contributed by atoms with Crippen molar-refractivity contribution in [2.45, 2.75) is 6.54 Å². The van der Waals surface area contributed by atoms with Gasteiger partial charge in [0.25, 0.3) is 5.91 Å². The van der Waals surface area contributed by atoms with Gasteiger partial charge in [-0.1, -0.05) is 12.1 Å². The zero-order chi connectivity index (χ0) is 14.0. The monoisotopic (exact) mass is 261 g/mol. The highest BCUT2D eigenvalue weighted by Gasteiger charge is 2.24. The summed E-state index contributed by atoms with van der Waals surface area (Å²) in [6, 6.07) is 7.49. The average Bonchev–Trinajstić information content (AvgIpc) is 2.71. The molecule has 1 saturated heterocycles. The lowest BCUT2D eigenvalue weighted by atomic mass is 10.1. The Balaban J connectivity index is 2.03. The molecule has 1 fully saturated rings. The van der Waals surface area contributed by atoms with E-state index in [-0.39, 0.29) is 11.9 Å². The average molecular weight is 261 g/mol. The van der Waals surface area contributed by atoms with Gasteiger partial charge in [-0.2, -0.15) is 0 Å². The summed E-state index contributed by atoms with van der Waals surface area (Å²) in [4.78, 5) is 28.6. The molecule has 0 aromatic heterocycles. The Bertz CT molecular complexity index is 482. The highest BCUT2D eigenvalue weighted by molar-refractivity contribution is 5.93. The SMILES string of the molecule is CN(C)C(=O)c1ccc(CN2CCN(C)C2=O)cc1. The Morgan fingerprint density at radius 1 is 1.21 bits per heavy atom. The van der Waals surface area contributed by atoms with Crippen LogP contribution < -0.4 is 0 Å². The molecule has 0 unspecified atom stereocenters. The number of nitrogens with zero attached hydrogens (tertiary/aromatic N) is 3. The minimum absolute atomic E-state index is 0.0106. The van der Waals surface area contributed by atoms with Crippen LogP contribution in [0.4, 0.5) is 4.79 Å². The van der Waals surface area contributed by atoms with E-state index in [9.17, 15) is 9.59 Å². The molecule has 3 amide bonds. The lowest BCUT2D eigenvalue weighted by Gasteiger charge is -2.16. The van der Waals surface area contributed by atoms with Crippen LogP contribution in [0.3, 0.4) is 0 Å². The smallest absolute Gasteiger partial charge is 0.320 e. The van der Waals surface area contributed by atoms with Gasteiger partial charge in [-0.25, -0.2) is 4.79 Å². The maximum Gasteiger partial charge on any atom is 0.320 e. The van der Waals surface area contributed by atoms with Crippen LogP contribution in [0.1, 0.15) is 15.9 Å². The summed E-state index contributed by atoms with van der Waals surface area (Å²) in [5.74, 6) is -0.0106. The van der Waals surface area contributed by atoms with Gasteiger partial charge in [-0.15, -0.1) is 0 Å². The first kappa shape index (κ1) is 13.4. The van der Waals surface area contributed by atoms with E-state index in [4.69, 9.17) is 0 Å². The molecular formula is C14H19N3O2. The van der Waals surface area contributed by atoms with Crippen LogP contribution in [-0.2, 0) is 6.54 Å². The number of urea groups is 1. The van der Waals surface area contributed by atoms with E-state index < -0.39 is 0 Å². The van der Waals surface area contributed by atoms with E-state index in [2.05, 4.69) is 0 Å². The van der Waals surface area contributed by atoms with Crippen LogP contribution in [0.5, 0.6) is 0 Å². The molecule has 0 bridgehead atoms. The van der Waals surface area contributed by atoms with E-state index in [1.807, 2.05) is 29.2 Å². The predicted octanol–water partition coefficient (Wildman–Crippen LogP) is 1.26. The second-order valence-corrected chi connectivity index (χ2v) is 5.02. The van der Waals surface area contributed by atoms with Gasteiger partial charge in [-0.05, 0) is 17.7 Å². The molecule has 102 valence electrons. The minimum atomic E-state index is -0.0106. The third-order valence-electron chi connectivity index (χ3n) is 3.28. The number of hydrogen-bond acceptors (Lipinski definition) is 2. The Morgan fingerprint density at radius 2 is 1.84 bits per heavy atom. The lowest BCUT2D eigenvalue weighted by Crippen LogP contribution is -2.29. The number of carbonyl (C=O) groups is 2. The molecule has 1 aliphatic rings. The van der Waals surface area contributed by atoms with E-state index in [0.29, 0.717) is 12.1 Å². The zero-order valence-electron chi connectivity index (χ0n) is 11.6. The number of amides is 3. The third kappa shape index (κ3) is 2.86. The van der Waals surface area contributed by atoms with Crippen LogP contribution in [0, 0.1) is 0 Å². The largest absolute Gasteiger partial charge is 0.345 e. The van der Waals surface area contributed by atoms with Gasteiger partial charge in [0, 0.05) is 46.3 Å². The summed E-state index contributed by atoms with van der Waals surface area (Å²) >= 11 is 0. The Labute approximate surface area is 113 Å². The van der Waals surface area contributed by atoms with Gasteiger partial charge in [-0.3, -0.25) is 4.79 Å². The summed E-state index contributed by atoms with van der Waals surface area (Å²) in [5.41, 5.74) is 1.71. The molecule has 0 aliphatic carbocycles. The Hall–Kier alpha value is -2.04. The number of benzene rings is 1. The molecule has 5 nitrogen and oxygen atoms in total. The first-order valence-corrected chi connectivity index (χ1v) is 6.29. The van der Waals surface area contributed by atoms with Crippen molar-refractivity contribution in [2.24, 2.45) is 0 Å². The van der Waals surface area contributed by atoms with Crippen LogP contribution >= 0.6 is 0 Å². The molecule has 1 aliphatic heterocycles. The van der Waals surface area contributed by atoms with Crippen molar-refractivity contribution < 1.29 is 9.59 Å². The fourth-order valence-corrected chi connectivity index (χ4v) is 2.08. The summed E-state index contributed by atoms with van der Waals surface area (Å²) in [6.45, 7) is 2.13. The molecule has 0 spiro atoms. The number of rotatable bonds is 3. The fourth-order valence-electron chi connectivity index (χ4n) is 2.08. The quantitative estimate of drug-likeness (QED) is 0.822. The number of carbonyl (C=O) groups excluding carboxylic acids is 2. The van der Waals surface area contributed by atoms with Gasteiger partial charge >= 0.3 is 6.03 Å². The van der Waals surface area contributed by atoms with Gasteiger partial charge < -0.3 is 14.7 Å². The highest BCUT2D eigenvalue weighted by Crippen LogP contribution is 2.13. The van der Waals surface area contributed by atoms with Crippen LogP contribution in [0.25, 0.3) is 0 Å². The van der Waals surface area contributed by atoms with Crippen molar-refractivity contribution in [3.8, 4) is 0 Å². The van der Waals surface area contributed by atoms with Crippen molar-refractivity contribution >= 4 is 11.9 Å². The van der Waals surface area contributed by atoms with Gasteiger partial charge in [0.1, 0.15) is 0 Å². The topological polar surface area (TPSA) is 43.9 Å². The molecule has 0 radical (unpaired) electrons. The third-order valence-corrected chi connectivity index (χ3v) is 3.28. The van der Waals surface area contributed by atoms with E-state index in [1.165, 1.54) is 0 Å². The van der Waals surface area contributed by atoms with Crippen molar-refractivity contribution in [1.82, 2.24) is 14.7 Å². The second-order valence-electron chi connectivity index (χ2n) is 5.02. The summed E-state index contributed by atoms with van der Waals surface area (Å²) in [7, 11) is 5.27. The molecular weight excluding hydrogens is 242 g/mol. The van der Waals surface area contributed by atoms with E-state index in [1.54, 1.807) is 30.9 Å². The van der Waals surface area contributed by atoms with Gasteiger partial charge in [0.2, 0.25) is 0 Å². The molecule has 19 heavy (non-hydrogen) atoms. The normalized spacial score (nSPS) is 15.0. The Kier molecular flexibility index (Phi) is 3.74. The molecule has 0 saturated carbocycles. The standard InChI is InChI=1S/C14H19N3O2/c1-15(2)13(18)12-6-4-11(5-7-12)10-17-9-8-16(3)14(17)19/h4-7H,8-10H2,1-3H3. The van der Waals surface area contributed by atoms with Crippen molar-refractivity contribution in [1.29, 1.82) is 0 Å². The van der Waals surface area contributed by atoms with Crippen LogP contribution in [0.2, 0.25) is 0 Å². The van der Waals surface area contributed by atoms with E-state index >= 15 is 0 Å². The number of likely N-dealkylation sites (N-methyl/N-ethyl adjacent to an activating group) is 1. The van der Waals surface area contributed by atoms with Crippen LogP contribution in [0.15, 0.2) is 24.3 Å². The molecule has 0 atom stereocenters. The van der Waals surface area contributed by atoms with Crippen molar-refractivity contribution in [3.05, 3.63) is 35.4 Å². The minimum Gasteiger partial charge on any atom is -0.345 e. The maximum atomic E-state index is 11.8. The first-order valence-electron chi connectivity index (χ1n) is 6.29.